The third-order valence-corrected chi connectivity index (χ3v) is 3.90. The Morgan fingerprint density at radius 1 is 1.36 bits per heavy atom. The zero-order valence-corrected chi connectivity index (χ0v) is 13.3. The van der Waals surface area contributed by atoms with E-state index in [4.69, 9.17) is 14.2 Å². The van der Waals surface area contributed by atoms with Crippen molar-refractivity contribution < 1.29 is 19.0 Å². The smallest absolute Gasteiger partial charge is 0.285 e. The highest BCUT2D eigenvalue weighted by atomic mass is 16.7. The van der Waals surface area contributed by atoms with Crippen molar-refractivity contribution in [2.45, 2.75) is 18.3 Å². The van der Waals surface area contributed by atoms with Gasteiger partial charge in [0.15, 0.2) is 0 Å². The number of hydrogen-bond donors (Lipinski definition) is 2. The largest absolute Gasteiger partial charge is 0.375 e. The summed E-state index contributed by atoms with van der Waals surface area (Å²) in [7, 11) is 4.46. The van der Waals surface area contributed by atoms with Crippen LogP contribution in [0.25, 0.3) is 0 Å². The zero-order chi connectivity index (χ0) is 16.0. The van der Waals surface area contributed by atoms with Crippen molar-refractivity contribution >= 4 is 5.91 Å². The van der Waals surface area contributed by atoms with Crippen LogP contribution in [0.4, 0.5) is 0 Å². The lowest BCUT2D eigenvalue weighted by Crippen LogP contribution is -2.46. The van der Waals surface area contributed by atoms with Crippen molar-refractivity contribution in [3.8, 4) is 0 Å². The molecule has 1 aromatic carbocycles. The van der Waals surface area contributed by atoms with E-state index >= 15 is 0 Å². The first-order valence-corrected chi connectivity index (χ1v) is 7.40. The predicted octanol–water partition coefficient (Wildman–Crippen LogP) is 0.409. The highest BCUT2D eigenvalue weighted by molar-refractivity contribution is 5.84. The van der Waals surface area contributed by atoms with Crippen LogP contribution in [0.5, 0.6) is 0 Å². The Bertz CT molecular complexity index is 479. The topological polar surface area (TPSA) is 68.8 Å². The van der Waals surface area contributed by atoms with Gasteiger partial charge in [-0.05, 0) is 12.0 Å². The van der Waals surface area contributed by atoms with E-state index in [1.807, 2.05) is 24.3 Å². The molecule has 22 heavy (non-hydrogen) atoms. The molecule has 2 N–H and O–H groups in total. The van der Waals surface area contributed by atoms with Crippen LogP contribution in [0.2, 0.25) is 0 Å². The minimum absolute atomic E-state index is 0.188. The Morgan fingerprint density at radius 2 is 2.05 bits per heavy atom. The molecule has 0 saturated carbocycles. The summed E-state index contributed by atoms with van der Waals surface area (Å²) in [5, 5.41) is 5.88. The third kappa shape index (κ3) is 3.47. The minimum Gasteiger partial charge on any atom is -0.375 e. The van der Waals surface area contributed by atoms with Gasteiger partial charge in [-0.1, -0.05) is 24.3 Å². The molecular formula is C16H24N2O4. The van der Waals surface area contributed by atoms with Gasteiger partial charge in [-0.2, -0.15) is 0 Å². The van der Waals surface area contributed by atoms with E-state index in [0.29, 0.717) is 5.56 Å². The van der Waals surface area contributed by atoms with Gasteiger partial charge in [-0.3, -0.25) is 4.79 Å². The zero-order valence-electron chi connectivity index (χ0n) is 13.3. The van der Waals surface area contributed by atoms with E-state index in [1.165, 1.54) is 14.2 Å². The first kappa shape index (κ1) is 16.9. The molecule has 1 fully saturated rings. The summed E-state index contributed by atoms with van der Waals surface area (Å²) in [6.07, 6.45) is 1.02. The highest BCUT2D eigenvalue weighted by Crippen LogP contribution is 2.27. The molecule has 1 amide bonds. The van der Waals surface area contributed by atoms with E-state index in [0.717, 1.165) is 31.7 Å². The Morgan fingerprint density at radius 3 is 2.55 bits per heavy atom. The molecule has 122 valence electrons. The van der Waals surface area contributed by atoms with Crippen molar-refractivity contribution in [2.24, 2.45) is 0 Å². The average Bonchev–Trinajstić information content (AvgIpc) is 2.58. The Balaban J connectivity index is 2.13. The van der Waals surface area contributed by atoms with Gasteiger partial charge in [0.1, 0.15) is 0 Å². The summed E-state index contributed by atoms with van der Waals surface area (Å²) in [5.74, 6) is -1.76. The van der Waals surface area contributed by atoms with Crippen LogP contribution < -0.4 is 10.6 Å². The SMILES string of the molecule is CNC(=O)C(OC)(OC)c1ccc(CC2CNCCO2)cc1. The van der Waals surface area contributed by atoms with E-state index < -0.39 is 5.79 Å². The number of likely N-dealkylation sites (N-methyl/N-ethyl adjacent to an activating group) is 1. The fourth-order valence-electron chi connectivity index (χ4n) is 2.67. The maximum absolute atomic E-state index is 12.1. The lowest BCUT2D eigenvalue weighted by Gasteiger charge is -2.29. The number of hydrogen-bond acceptors (Lipinski definition) is 5. The van der Waals surface area contributed by atoms with Crippen molar-refractivity contribution in [3.63, 3.8) is 0 Å². The summed E-state index contributed by atoms with van der Waals surface area (Å²) in [5.41, 5.74) is 1.80. The van der Waals surface area contributed by atoms with Gasteiger partial charge >= 0.3 is 0 Å². The number of carbonyl (C=O) groups is 1. The van der Waals surface area contributed by atoms with E-state index in [-0.39, 0.29) is 12.0 Å². The van der Waals surface area contributed by atoms with Gasteiger partial charge in [0.2, 0.25) is 0 Å². The van der Waals surface area contributed by atoms with E-state index in [9.17, 15) is 4.79 Å². The first-order chi connectivity index (χ1) is 10.7. The summed E-state index contributed by atoms with van der Waals surface area (Å²) in [6.45, 7) is 2.52. The minimum atomic E-state index is -1.42. The molecule has 1 atom stereocenters. The maximum atomic E-state index is 12.1. The van der Waals surface area contributed by atoms with Gasteiger partial charge in [0.25, 0.3) is 11.7 Å². The van der Waals surface area contributed by atoms with Gasteiger partial charge in [0.05, 0.1) is 12.7 Å². The third-order valence-electron chi connectivity index (χ3n) is 3.90. The quantitative estimate of drug-likeness (QED) is 0.745. The van der Waals surface area contributed by atoms with Crippen molar-refractivity contribution in [2.75, 3.05) is 41.0 Å². The van der Waals surface area contributed by atoms with Gasteiger partial charge in [0, 0.05) is 39.9 Å². The Labute approximate surface area is 131 Å². The van der Waals surface area contributed by atoms with Gasteiger partial charge in [-0.15, -0.1) is 0 Å². The van der Waals surface area contributed by atoms with Crippen LogP contribution in [0.15, 0.2) is 24.3 Å². The summed E-state index contributed by atoms with van der Waals surface area (Å²) in [6, 6.07) is 7.66. The normalized spacial score (nSPS) is 19.0. The number of methoxy groups -OCH3 is 2. The van der Waals surface area contributed by atoms with Crippen LogP contribution in [0, 0.1) is 0 Å². The summed E-state index contributed by atoms with van der Waals surface area (Å²) < 4.78 is 16.4. The molecular weight excluding hydrogens is 284 g/mol. The molecule has 1 aliphatic rings. The number of carbonyl (C=O) groups excluding carboxylic acids is 1. The lowest BCUT2D eigenvalue weighted by atomic mass is 10.00. The van der Waals surface area contributed by atoms with Crippen LogP contribution in [0.3, 0.4) is 0 Å². The molecule has 1 heterocycles. The van der Waals surface area contributed by atoms with Gasteiger partial charge < -0.3 is 24.8 Å². The maximum Gasteiger partial charge on any atom is 0.285 e. The number of morpholine rings is 1. The average molecular weight is 308 g/mol. The molecule has 0 spiro atoms. The molecule has 0 radical (unpaired) electrons. The van der Waals surface area contributed by atoms with Gasteiger partial charge in [-0.25, -0.2) is 0 Å². The number of ether oxygens (including phenoxy) is 3. The molecule has 2 rings (SSSR count). The summed E-state index contributed by atoms with van der Waals surface area (Å²) >= 11 is 0. The number of rotatable bonds is 6. The second-order valence-corrected chi connectivity index (χ2v) is 5.20. The molecule has 0 bridgehead atoms. The number of amides is 1. The molecule has 1 saturated heterocycles. The number of nitrogens with one attached hydrogen (secondary N) is 2. The monoisotopic (exact) mass is 308 g/mol. The molecule has 1 unspecified atom stereocenters. The second kappa shape index (κ2) is 7.69. The fourth-order valence-corrected chi connectivity index (χ4v) is 2.67. The van der Waals surface area contributed by atoms with E-state index in [2.05, 4.69) is 10.6 Å². The van der Waals surface area contributed by atoms with E-state index in [1.54, 1.807) is 7.05 Å². The predicted molar refractivity (Wildman–Crippen MR) is 82.5 cm³/mol. The molecule has 1 aliphatic heterocycles. The Hall–Kier alpha value is -1.47. The fraction of sp³-hybridized carbons (Fsp3) is 0.562. The Kier molecular flexibility index (Phi) is 5.90. The first-order valence-electron chi connectivity index (χ1n) is 7.40. The molecule has 6 nitrogen and oxygen atoms in total. The van der Waals surface area contributed by atoms with Crippen molar-refractivity contribution in [1.82, 2.24) is 10.6 Å². The van der Waals surface area contributed by atoms with Crippen LogP contribution in [0.1, 0.15) is 11.1 Å². The van der Waals surface area contributed by atoms with Crippen LogP contribution >= 0.6 is 0 Å². The molecule has 1 aromatic rings. The lowest BCUT2D eigenvalue weighted by molar-refractivity contribution is -0.215. The van der Waals surface area contributed by atoms with Crippen molar-refractivity contribution in [1.29, 1.82) is 0 Å². The summed E-state index contributed by atoms with van der Waals surface area (Å²) in [4.78, 5) is 12.1. The molecule has 0 aliphatic carbocycles. The highest BCUT2D eigenvalue weighted by Gasteiger charge is 2.40. The second-order valence-electron chi connectivity index (χ2n) is 5.20. The van der Waals surface area contributed by atoms with Crippen LogP contribution in [-0.2, 0) is 31.2 Å². The molecule has 0 aromatic heterocycles. The number of benzene rings is 1. The molecule has 6 heteroatoms. The standard InChI is InChI=1S/C16H24N2O4/c1-17-15(19)16(20-2,21-3)13-6-4-12(5-7-13)10-14-11-18-8-9-22-14/h4-7,14,18H,8-11H2,1-3H3,(H,17,19). The van der Waals surface area contributed by atoms with Crippen LogP contribution in [-0.4, -0.2) is 53.0 Å². The van der Waals surface area contributed by atoms with Crippen molar-refractivity contribution in [3.05, 3.63) is 35.4 Å².